The average Bonchev–Trinajstić information content (AvgIpc) is 3.56. The second-order valence-corrected chi connectivity index (χ2v) is 9.57. The van der Waals surface area contributed by atoms with Crippen LogP contribution in [0.5, 0.6) is 34.5 Å². The largest absolute Gasteiger partial charge is 0.507 e. The second-order valence-electron chi connectivity index (χ2n) is 9.57. The number of morpholine rings is 1. The molecule has 0 aliphatic carbocycles. The summed E-state index contributed by atoms with van der Waals surface area (Å²) in [5.41, 5.74) is 0.652. The number of methoxy groups -OCH3 is 2. The average molecular weight is 555 g/mol. The van der Waals surface area contributed by atoms with Gasteiger partial charge in [-0.1, -0.05) is 0 Å². The molecule has 1 atom stereocenters. The molecule has 1 N–H and O–H groups in total. The molecule has 0 aromatic heterocycles. The molecule has 12 nitrogen and oxygen atoms in total. The van der Waals surface area contributed by atoms with E-state index in [0.29, 0.717) is 80.2 Å². The zero-order chi connectivity index (χ0) is 27.8. The van der Waals surface area contributed by atoms with Gasteiger partial charge < -0.3 is 43.2 Å². The molecule has 0 spiro atoms. The van der Waals surface area contributed by atoms with Gasteiger partial charge in [0.15, 0.2) is 23.0 Å². The molecule has 0 saturated carbocycles. The van der Waals surface area contributed by atoms with Gasteiger partial charge >= 0.3 is 0 Å². The zero-order valence-electron chi connectivity index (χ0n) is 22.3. The summed E-state index contributed by atoms with van der Waals surface area (Å²) in [6.45, 7) is 4.12. The number of hydrogen-bond acceptors (Lipinski definition) is 11. The van der Waals surface area contributed by atoms with E-state index in [-0.39, 0.29) is 36.2 Å². The third kappa shape index (κ3) is 4.42. The standard InChI is InChI=1S/C28H30N2O10/c1-34-25-17(14-20-26(27(25)35-2)40-15-39-20)22-21(23(31)16-3-4-18-19(13-16)38-12-11-37-18)24(32)28(33)30(22)6-5-29-7-9-36-10-8-29/h3-4,13-14,22,31H,5-12,15H2,1-2H3/b23-21+. The SMILES string of the molecule is COc1c(C2/C(=C(\O)c3ccc4c(c3)OCCO4)C(=O)C(=O)N2CCN2CCOCC2)cc2c(c1OC)OCO2. The highest BCUT2D eigenvalue weighted by Crippen LogP contribution is 2.54. The minimum atomic E-state index is -0.993. The maximum Gasteiger partial charge on any atom is 0.295 e. The molecule has 2 aromatic rings. The molecule has 6 rings (SSSR count). The highest BCUT2D eigenvalue weighted by Gasteiger charge is 2.48. The number of benzene rings is 2. The minimum absolute atomic E-state index is 0.0211. The fourth-order valence-corrected chi connectivity index (χ4v) is 5.47. The smallest absolute Gasteiger partial charge is 0.295 e. The molecule has 40 heavy (non-hydrogen) atoms. The van der Waals surface area contributed by atoms with Crippen molar-refractivity contribution in [1.29, 1.82) is 0 Å². The van der Waals surface area contributed by atoms with Crippen LogP contribution in [0.3, 0.4) is 0 Å². The molecule has 4 aliphatic rings. The molecule has 0 radical (unpaired) electrons. The van der Waals surface area contributed by atoms with E-state index in [1.807, 2.05) is 0 Å². The number of Topliss-reactive ketones (excluding diaryl/α,β-unsaturated/α-hetero) is 1. The molecule has 0 bridgehead atoms. The summed E-state index contributed by atoms with van der Waals surface area (Å²) in [7, 11) is 2.93. The van der Waals surface area contributed by atoms with Crippen molar-refractivity contribution in [2.45, 2.75) is 6.04 Å². The van der Waals surface area contributed by atoms with Crippen molar-refractivity contribution in [2.24, 2.45) is 0 Å². The van der Waals surface area contributed by atoms with Gasteiger partial charge in [0.25, 0.3) is 11.7 Å². The van der Waals surface area contributed by atoms with Crippen LogP contribution in [0.1, 0.15) is 17.2 Å². The Hall–Kier alpha value is -4.16. The first-order valence-electron chi connectivity index (χ1n) is 13.0. The minimum Gasteiger partial charge on any atom is -0.507 e. The molecule has 1 unspecified atom stereocenters. The Kier molecular flexibility index (Phi) is 7.03. The normalized spacial score (nSPS) is 21.6. The molecule has 2 aromatic carbocycles. The zero-order valence-corrected chi connectivity index (χ0v) is 22.3. The Morgan fingerprint density at radius 2 is 1.65 bits per heavy atom. The maximum absolute atomic E-state index is 13.6. The lowest BCUT2D eigenvalue weighted by molar-refractivity contribution is -0.140. The third-order valence-electron chi connectivity index (χ3n) is 7.42. The van der Waals surface area contributed by atoms with Crippen molar-refractivity contribution in [3.63, 3.8) is 0 Å². The lowest BCUT2D eigenvalue weighted by atomic mass is 9.93. The van der Waals surface area contributed by atoms with Gasteiger partial charge in [-0.2, -0.15) is 0 Å². The predicted molar refractivity (Wildman–Crippen MR) is 139 cm³/mol. The quantitative estimate of drug-likeness (QED) is 0.307. The van der Waals surface area contributed by atoms with Crippen LogP contribution in [-0.4, -0.2) is 100 Å². The number of rotatable bonds is 7. The van der Waals surface area contributed by atoms with Gasteiger partial charge in [-0.25, -0.2) is 0 Å². The summed E-state index contributed by atoms with van der Waals surface area (Å²) >= 11 is 0. The number of ketones is 1. The summed E-state index contributed by atoms with van der Waals surface area (Å²) < 4.78 is 39.3. The number of carbonyl (C=O) groups excluding carboxylic acids is 2. The number of fused-ring (bicyclic) bond motifs is 2. The van der Waals surface area contributed by atoms with Crippen molar-refractivity contribution in [1.82, 2.24) is 9.80 Å². The molecule has 2 fully saturated rings. The fraction of sp³-hybridized carbons (Fsp3) is 0.429. The number of aliphatic hydroxyl groups excluding tert-OH is 1. The number of hydrogen-bond donors (Lipinski definition) is 1. The molecule has 2 saturated heterocycles. The first-order valence-corrected chi connectivity index (χ1v) is 13.0. The summed E-state index contributed by atoms with van der Waals surface area (Å²) in [5.74, 6) is 0.379. The molecular formula is C28H30N2O10. The Balaban J connectivity index is 1.49. The molecule has 12 heteroatoms. The second kappa shape index (κ2) is 10.8. The van der Waals surface area contributed by atoms with Gasteiger partial charge in [-0.15, -0.1) is 0 Å². The molecule has 1 amide bonds. The topological polar surface area (TPSA) is 125 Å². The lowest BCUT2D eigenvalue weighted by Gasteiger charge is -2.31. The van der Waals surface area contributed by atoms with Crippen molar-refractivity contribution < 1.29 is 47.9 Å². The Morgan fingerprint density at radius 3 is 2.40 bits per heavy atom. The Bertz CT molecular complexity index is 1370. The maximum atomic E-state index is 13.6. The van der Waals surface area contributed by atoms with Gasteiger partial charge in [0, 0.05) is 37.3 Å². The van der Waals surface area contributed by atoms with Gasteiger partial charge in [0.2, 0.25) is 18.3 Å². The van der Waals surface area contributed by atoms with Gasteiger partial charge in [-0.05, 0) is 24.3 Å². The first kappa shape index (κ1) is 26.1. The van der Waals surface area contributed by atoms with E-state index in [0.717, 1.165) is 0 Å². The van der Waals surface area contributed by atoms with E-state index in [9.17, 15) is 14.7 Å². The van der Waals surface area contributed by atoms with Crippen molar-refractivity contribution in [2.75, 3.05) is 73.6 Å². The predicted octanol–water partition coefficient (Wildman–Crippen LogP) is 1.96. The number of nitrogens with zero attached hydrogens (tertiary/aromatic N) is 2. The Labute approximate surface area is 230 Å². The monoisotopic (exact) mass is 554 g/mol. The fourth-order valence-electron chi connectivity index (χ4n) is 5.47. The summed E-state index contributed by atoms with van der Waals surface area (Å²) in [4.78, 5) is 30.8. The number of ether oxygens (including phenoxy) is 7. The number of carbonyl (C=O) groups is 2. The van der Waals surface area contributed by atoms with E-state index in [2.05, 4.69) is 4.90 Å². The molecule has 4 heterocycles. The van der Waals surface area contributed by atoms with Crippen molar-refractivity contribution in [3.05, 3.63) is 41.0 Å². The summed E-state index contributed by atoms with van der Waals surface area (Å²) in [6.07, 6.45) is 0. The van der Waals surface area contributed by atoms with Gasteiger partial charge in [0.1, 0.15) is 19.0 Å². The van der Waals surface area contributed by atoms with Gasteiger partial charge in [0.05, 0.1) is 39.0 Å². The number of likely N-dealkylation sites (tertiary alicyclic amines) is 1. The first-order chi connectivity index (χ1) is 19.5. The van der Waals surface area contributed by atoms with E-state index in [4.69, 9.17) is 33.2 Å². The molecule has 212 valence electrons. The van der Waals surface area contributed by atoms with E-state index >= 15 is 0 Å². The van der Waals surface area contributed by atoms with Crippen LogP contribution in [0.15, 0.2) is 29.8 Å². The van der Waals surface area contributed by atoms with Crippen molar-refractivity contribution >= 4 is 17.4 Å². The number of amides is 1. The molecular weight excluding hydrogens is 524 g/mol. The van der Waals surface area contributed by atoms with Crippen LogP contribution in [0.25, 0.3) is 5.76 Å². The number of aliphatic hydroxyl groups is 1. The van der Waals surface area contributed by atoms with Crippen LogP contribution >= 0.6 is 0 Å². The van der Waals surface area contributed by atoms with E-state index in [1.54, 1.807) is 24.3 Å². The van der Waals surface area contributed by atoms with Crippen molar-refractivity contribution in [3.8, 4) is 34.5 Å². The summed E-state index contributed by atoms with van der Waals surface area (Å²) in [5, 5.41) is 11.6. The lowest BCUT2D eigenvalue weighted by Crippen LogP contribution is -2.42. The van der Waals surface area contributed by atoms with Crippen LogP contribution < -0.4 is 28.4 Å². The highest BCUT2D eigenvalue weighted by atomic mass is 16.7. The van der Waals surface area contributed by atoms with Crippen LogP contribution in [0, 0.1) is 0 Å². The van der Waals surface area contributed by atoms with Crippen LogP contribution in [-0.2, 0) is 14.3 Å². The third-order valence-corrected chi connectivity index (χ3v) is 7.42. The summed E-state index contributed by atoms with van der Waals surface area (Å²) in [6, 6.07) is 5.56. The van der Waals surface area contributed by atoms with E-state index in [1.165, 1.54) is 19.1 Å². The highest BCUT2D eigenvalue weighted by molar-refractivity contribution is 6.46. The van der Waals surface area contributed by atoms with Crippen LogP contribution in [0.4, 0.5) is 0 Å². The van der Waals surface area contributed by atoms with Crippen LogP contribution in [0.2, 0.25) is 0 Å². The van der Waals surface area contributed by atoms with E-state index < -0.39 is 17.7 Å². The Morgan fingerprint density at radius 1 is 0.900 bits per heavy atom. The van der Waals surface area contributed by atoms with Gasteiger partial charge in [-0.3, -0.25) is 14.5 Å². The molecule has 4 aliphatic heterocycles.